The number of anilines is 1. The molecule has 1 N–H and O–H groups in total. The van der Waals surface area contributed by atoms with Crippen LogP contribution in [0.1, 0.15) is 39.7 Å². The van der Waals surface area contributed by atoms with Crippen molar-refractivity contribution in [3.8, 4) is 11.5 Å². The van der Waals surface area contributed by atoms with Crippen LogP contribution in [0.2, 0.25) is 0 Å². The first-order chi connectivity index (χ1) is 15.8. The van der Waals surface area contributed by atoms with Crippen molar-refractivity contribution in [2.24, 2.45) is 0 Å². The quantitative estimate of drug-likeness (QED) is 0.400. The van der Waals surface area contributed by atoms with Gasteiger partial charge in [0.15, 0.2) is 0 Å². The summed E-state index contributed by atoms with van der Waals surface area (Å²) in [7, 11) is 1.59. The van der Waals surface area contributed by atoms with Crippen LogP contribution in [-0.4, -0.2) is 49.2 Å². The zero-order valence-electron chi connectivity index (χ0n) is 19.9. The van der Waals surface area contributed by atoms with Crippen LogP contribution in [0.15, 0.2) is 54.2 Å². The molecule has 1 heterocycles. The van der Waals surface area contributed by atoms with Gasteiger partial charge in [0.1, 0.15) is 17.2 Å². The van der Waals surface area contributed by atoms with Gasteiger partial charge in [0.2, 0.25) is 0 Å². The van der Waals surface area contributed by atoms with Gasteiger partial charge in [-0.15, -0.1) is 0 Å². The standard InChI is InChI=1S/C26H32N2O5/c1-17(2)32-16-6-15-28-25(29)23(19-7-11-22(12-8-19)33-18(3)4)24(26(28)30)27-20-9-13-21(31-5)14-10-20/h7-14,17-18,27H,6,15-16H2,1-5H3. The number of hydrogen-bond donors (Lipinski definition) is 1. The molecule has 3 rings (SSSR count). The monoisotopic (exact) mass is 452 g/mol. The first kappa shape index (κ1) is 24.3. The van der Waals surface area contributed by atoms with Crippen LogP contribution < -0.4 is 14.8 Å². The predicted octanol–water partition coefficient (Wildman–Crippen LogP) is 4.49. The lowest BCUT2D eigenvalue weighted by atomic mass is 10.0. The Hall–Kier alpha value is -3.32. The maximum atomic E-state index is 13.3. The Morgan fingerprint density at radius 2 is 1.48 bits per heavy atom. The van der Waals surface area contributed by atoms with Crippen LogP contribution in [0, 0.1) is 0 Å². The van der Waals surface area contributed by atoms with Crippen LogP contribution in [0.5, 0.6) is 11.5 Å². The molecule has 2 aromatic rings. The van der Waals surface area contributed by atoms with Crippen molar-refractivity contribution < 1.29 is 23.8 Å². The molecule has 2 aromatic carbocycles. The third-order valence-electron chi connectivity index (χ3n) is 5.02. The van der Waals surface area contributed by atoms with Crippen LogP contribution in [0.3, 0.4) is 0 Å². The molecule has 1 aliphatic heterocycles. The van der Waals surface area contributed by atoms with Gasteiger partial charge in [-0.2, -0.15) is 0 Å². The van der Waals surface area contributed by atoms with Gasteiger partial charge in [-0.1, -0.05) is 12.1 Å². The Morgan fingerprint density at radius 3 is 2.06 bits per heavy atom. The molecule has 0 unspecified atom stereocenters. The Bertz CT molecular complexity index is 994. The van der Waals surface area contributed by atoms with Gasteiger partial charge in [0, 0.05) is 18.8 Å². The molecule has 33 heavy (non-hydrogen) atoms. The smallest absolute Gasteiger partial charge is 0.278 e. The van der Waals surface area contributed by atoms with E-state index in [4.69, 9.17) is 14.2 Å². The molecular weight excluding hydrogens is 420 g/mol. The van der Waals surface area contributed by atoms with E-state index in [0.29, 0.717) is 41.4 Å². The van der Waals surface area contributed by atoms with E-state index in [9.17, 15) is 9.59 Å². The number of rotatable bonds is 11. The fourth-order valence-corrected chi connectivity index (χ4v) is 3.50. The first-order valence-corrected chi connectivity index (χ1v) is 11.2. The Kier molecular flexibility index (Phi) is 8.11. The number of methoxy groups -OCH3 is 1. The lowest BCUT2D eigenvalue weighted by Crippen LogP contribution is -2.34. The molecule has 0 saturated carbocycles. The molecule has 0 bridgehead atoms. The number of ether oxygens (including phenoxy) is 3. The van der Waals surface area contributed by atoms with E-state index in [0.717, 1.165) is 0 Å². The van der Waals surface area contributed by atoms with Gasteiger partial charge >= 0.3 is 0 Å². The van der Waals surface area contributed by atoms with E-state index in [2.05, 4.69) is 5.32 Å². The minimum atomic E-state index is -0.349. The molecule has 0 aliphatic carbocycles. The lowest BCUT2D eigenvalue weighted by Gasteiger charge is -2.16. The maximum absolute atomic E-state index is 13.3. The van der Waals surface area contributed by atoms with E-state index in [1.807, 2.05) is 39.8 Å². The van der Waals surface area contributed by atoms with E-state index < -0.39 is 0 Å². The summed E-state index contributed by atoms with van der Waals surface area (Å²) in [4.78, 5) is 27.9. The van der Waals surface area contributed by atoms with E-state index in [-0.39, 0.29) is 36.3 Å². The summed E-state index contributed by atoms with van der Waals surface area (Å²) in [6.45, 7) is 8.58. The molecule has 7 heteroatoms. The van der Waals surface area contributed by atoms with Crippen LogP contribution >= 0.6 is 0 Å². The Balaban J connectivity index is 1.89. The predicted molar refractivity (Wildman–Crippen MR) is 128 cm³/mol. The van der Waals surface area contributed by atoms with Gasteiger partial charge in [0.25, 0.3) is 11.8 Å². The zero-order chi connectivity index (χ0) is 24.0. The van der Waals surface area contributed by atoms with Crippen molar-refractivity contribution in [2.45, 2.75) is 46.3 Å². The summed E-state index contributed by atoms with van der Waals surface area (Å²) < 4.78 is 16.5. The molecule has 0 radical (unpaired) electrons. The van der Waals surface area contributed by atoms with Crippen molar-refractivity contribution in [3.05, 3.63) is 59.8 Å². The molecule has 176 valence electrons. The molecule has 2 amide bonds. The van der Waals surface area contributed by atoms with Gasteiger partial charge in [0.05, 0.1) is 24.9 Å². The highest BCUT2D eigenvalue weighted by atomic mass is 16.5. The third-order valence-corrected chi connectivity index (χ3v) is 5.02. The SMILES string of the molecule is COc1ccc(NC2=C(c3ccc(OC(C)C)cc3)C(=O)N(CCCOC(C)C)C2=O)cc1. The third kappa shape index (κ3) is 6.14. The number of hydrogen-bond acceptors (Lipinski definition) is 6. The summed E-state index contributed by atoms with van der Waals surface area (Å²) in [6, 6.07) is 14.4. The highest BCUT2D eigenvalue weighted by molar-refractivity contribution is 6.36. The van der Waals surface area contributed by atoms with Crippen molar-refractivity contribution in [1.29, 1.82) is 0 Å². The van der Waals surface area contributed by atoms with Gasteiger partial charge in [-0.05, 0) is 76.1 Å². The number of carbonyl (C=O) groups excluding carboxylic acids is 2. The second kappa shape index (κ2) is 11.0. The molecule has 0 fully saturated rings. The summed E-state index contributed by atoms with van der Waals surface area (Å²) in [5, 5.41) is 3.16. The molecule has 0 atom stereocenters. The zero-order valence-corrected chi connectivity index (χ0v) is 19.9. The van der Waals surface area contributed by atoms with Gasteiger partial charge < -0.3 is 19.5 Å². The summed E-state index contributed by atoms with van der Waals surface area (Å²) >= 11 is 0. The molecule has 1 aliphatic rings. The van der Waals surface area contributed by atoms with Gasteiger partial charge in [-0.25, -0.2) is 0 Å². The van der Waals surface area contributed by atoms with Crippen molar-refractivity contribution >= 4 is 23.1 Å². The first-order valence-electron chi connectivity index (χ1n) is 11.2. The molecule has 0 aromatic heterocycles. The minimum Gasteiger partial charge on any atom is -0.497 e. The molecule has 0 spiro atoms. The fourth-order valence-electron chi connectivity index (χ4n) is 3.50. The second-order valence-electron chi connectivity index (χ2n) is 8.33. The van der Waals surface area contributed by atoms with Gasteiger partial charge in [-0.3, -0.25) is 14.5 Å². The largest absolute Gasteiger partial charge is 0.497 e. The normalized spacial score (nSPS) is 14.0. The minimum absolute atomic E-state index is 0.0422. The topological polar surface area (TPSA) is 77.1 Å². The molecule has 0 saturated heterocycles. The van der Waals surface area contributed by atoms with Crippen LogP contribution in [0.4, 0.5) is 5.69 Å². The van der Waals surface area contributed by atoms with E-state index in [1.165, 1.54) is 4.90 Å². The summed E-state index contributed by atoms with van der Waals surface area (Å²) in [5.74, 6) is 0.741. The molecular formula is C26H32N2O5. The van der Waals surface area contributed by atoms with Crippen LogP contribution in [0.25, 0.3) is 5.57 Å². The fraction of sp³-hybridized carbons (Fsp3) is 0.385. The number of nitrogens with zero attached hydrogens (tertiary/aromatic N) is 1. The summed E-state index contributed by atoms with van der Waals surface area (Å²) in [5.41, 5.74) is 1.94. The van der Waals surface area contributed by atoms with Crippen molar-refractivity contribution in [2.75, 3.05) is 25.6 Å². The number of carbonyl (C=O) groups is 2. The number of imide groups is 1. The maximum Gasteiger partial charge on any atom is 0.278 e. The number of benzene rings is 2. The average molecular weight is 453 g/mol. The second-order valence-corrected chi connectivity index (χ2v) is 8.33. The van der Waals surface area contributed by atoms with E-state index in [1.54, 1.807) is 43.5 Å². The highest BCUT2D eigenvalue weighted by Crippen LogP contribution is 2.32. The summed E-state index contributed by atoms with van der Waals surface area (Å²) in [6.07, 6.45) is 0.711. The number of amides is 2. The van der Waals surface area contributed by atoms with E-state index >= 15 is 0 Å². The number of nitrogens with one attached hydrogen (secondary N) is 1. The lowest BCUT2D eigenvalue weighted by molar-refractivity contribution is -0.137. The highest BCUT2D eigenvalue weighted by Gasteiger charge is 2.38. The molecule has 7 nitrogen and oxygen atoms in total. The Morgan fingerprint density at radius 1 is 0.848 bits per heavy atom. The van der Waals surface area contributed by atoms with Crippen molar-refractivity contribution in [3.63, 3.8) is 0 Å². The Labute approximate surface area is 195 Å². The van der Waals surface area contributed by atoms with Crippen molar-refractivity contribution in [1.82, 2.24) is 4.90 Å². The average Bonchev–Trinajstić information content (AvgIpc) is 3.01. The van der Waals surface area contributed by atoms with Crippen LogP contribution in [-0.2, 0) is 14.3 Å².